The second-order valence-electron chi connectivity index (χ2n) is 3.44. The number of carbonyl (C=O) groups excluding carboxylic acids is 1. The Hall–Kier alpha value is -2.16. The lowest BCUT2D eigenvalue weighted by atomic mass is 10.1. The molecule has 1 aromatic heterocycles. The standard InChI is InChI=1S/C13H12N2O/c1-10(16)15-13-8-3-2-6-11(13)12-7-4-5-9-14-12/h2-9H,1H3,(H,15,16). The largest absolute Gasteiger partial charge is 0.326 e. The monoisotopic (exact) mass is 212 g/mol. The Morgan fingerprint density at radius 2 is 1.88 bits per heavy atom. The molecular weight excluding hydrogens is 200 g/mol. The van der Waals surface area contributed by atoms with Gasteiger partial charge in [0.1, 0.15) is 0 Å². The van der Waals surface area contributed by atoms with E-state index in [0.29, 0.717) is 0 Å². The van der Waals surface area contributed by atoms with Crippen LogP contribution in [0.5, 0.6) is 0 Å². The lowest BCUT2D eigenvalue weighted by Gasteiger charge is -2.08. The number of carbonyl (C=O) groups is 1. The maximum Gasteiger partial charge on any atom is 0.221 e. The summed E-state index contributed by atoms with van der Waals surface area (Å²) in [5.74, 6) is -0.0802. The van der Waals surface area contributed by atoms with Crippen molar-refractivity contribution in [3.8, 4) is 11.3 Å². The minimum Gasteiger partial charge on any atom is -0.326 e. The minimum atomic E-state index is -0.0802. The molecular formula is C13H12N2O. The van der Waals surface area contributed by atoms with E-state index in [0.717, 1.165) is 16.9 Å². The average molecular weight is 212 g/mol. The molecule has 0 saturated heterocycles. The van der Waals surface area contributed by atoms with Gasteiger partial charge >= 0.3 is 0 Å². The molecule has 0 saturated carbocycles. The first-order chi connectivity index (χ1) is 7.77. The fourth-order valence-corrected chi connectivity index (χ4v) is 1.53. The molecule has 0 fully saturated rings. The van der Waals surface area contributed by atoms with Crippen LogP contribution in [0.25, 0.3) is 11.3 Å². The first-order valence-electron chi connectivity index (χ1n) is 5.05. The molecule has 0 radical (unpaired) electrons. The van der Waals surface area contributed by atoms with Gasteiger partial charge in [0.05, 0.1) is 11.4 Å². The number of benzene rings is 1. The summed E-state index contributed by atoms with van der Waals surface area (Å²) in [6.07, 6.45) is 1.74. The molecule has 0 spiro atoms. The van der Waals surface area contributed by atoms with Crippen LogP contribution in [0, 0.1) is 0 Å². The highest BCUT2D eigenvalue weighted by molar-refractivity contribution is 5.93. The Bertz CT molecular complexity index is 494. The highest BCUT2D eigenvalue weighted by atomic mass is 16.1. The van der Waals surface area contributed by atoms with Crippen molar-refractivity contribution in [2.75, 3.05) is 5.32 Å². The first kappa shape index (κ1) is 10.4. The predicted octanol–water partition coefficient (Wildman–Crippen LogP) is 2.71. The fourth-order valence-electron chi connectivity index (χ4n) is 1.53. The summed E-state index contributed by atoms with van der Waals surface area (Å²) >= 11 is 0. The van der Waals surface area contributed by atoms with Crippen LogP contribution in [0.15, 0.2) is 48.7 Å². The number of nitrogens with one attached hydrogen (secondary N) is 1. The van der Waals surface area contributed by atoms with Crippen molar-refractivity contribution in [2.45, 2.75) is 6.92 Å². The van der Waals surface area contributed by atoms with Crippen molar-refractivity contribution in [3.63, 3.8) is 0 Å². The smallest absolute Gasteiger partial charge is 0.221 e. The van der Waals surface area contributed by atoms with Gasteiger partial charge in [0.25, 0.3) is 0 Å². The fraction of sp³-hybridized carbons (Fsp3) is 0.0769. The van der Waals surface area contributed by atoms with Gasteiger partial charge < -0.3 is 5.32 Å². The molecule has 2 rings (SSSR count). The van der Waals surface area contributed by atoms with E-state index in [1.54, 1.807) is 6.20 Å². The van der Waals surface area contributed by atoms with Gasteiger partial charge in [-0.05, 0) is 18.2 Å². The van der Waals surface area contributed by atoms with Crippen LogP contribution in [0.1, 0.15) is 6.92 Å². The Morgan fingerprint density at radius 1 is 1.12 bits per heavy atom. The SMILES string of the molecule is CC(=O)Nc1ccccc1-c1ccccn1. The van der Waals surface area contributed by atoms with Crippen LogP contribution in [0.3, 0.4) is 0 Å². The molecule has 1 heterocycles. The number of rotatable bonds is 2. The summed E-state index contributed by atoms with van der Waals surface area (Å²) in [4.78, 5) is 15.3. The van der Waals surface area contributed by atoms with Crippen molar-refractivity contribution in [1.82, 2.24) is 4.98 Å². The normalized spacial score (nSPS) is 9.81. The lowest BCUT2D eigenvalue weighted by molar-refractivity contribution is -0.114. The third kappa shape index (κ3) is 2.25. The molecule has 0 aliphatic rings. The molecule has 0 aliphatic carbocycles. The van der Waals surface area contributed by atoms with E-state index in [-0.39, 0.29) is 5.91 Å². The van der Waals surface area contributed by atoms with Crippen molar-refractivity contribution >= 4 is 11.6 Å². The number of nitrogens with zero attached hydrogens (tertiary/aromatic N) is 1. The molecule has 0 bridgehead atoms. The van der Waals surface area contributed by atoms with Crippen LogP contribution < -0.4 is 5.32 Å². The predicted molar refractivity (Wildman–Crippen MR) is 64.0 cm³/mol. The molecule has 1 N–H and O–H groups in total. The van der Waals surface area contributed by atoms with Gasteiger partial charge in [-0.1, -0.05) is 24.3 Å². The number of para-hydroxylation sites is 1. The zero-order valence-electron chi connectivity index (χ0n) is 8.97. The number of anilines is 1. The third-order valence-electron chi connectivity index (χ3n) is 2.18. The maximum atomic E-state index is 11.1. The molecule has 3 nitrogen and oxygen atoms in total. The van der Waals surface area contributed by atoms with E-state index >= 15 is 0 Å². The van der Waals surface area contributed by atoms with E-state index in [9.17, 15) is 4.79 Å². The second kappa shape index (κ2) is 4.57. The van der Waals surface area contributed by atoms with Crippen LogP contribution in [-0.4, -0.2) is 10.9 Å². The van der Waals surface area contributed by atoms with Gasteiger partial charge in [-0.2, -0.15) is 0 Å². The van der Waals surface area contributed by atoms with E-state index in [1.807, 2.05) is 42.5 Å². The lowest BCUT2D eigenvalue weighted by Crippen LogP contribution is -2.06. The Balaban J connectivity index is 2.44. The molecule has 1 amide bonds. The highest BCUT2D eigenvalue weighted by Crippen LogP contribution is 2.25. The van der Waals surface area contributed by atoms with Crippen molar-refractivity contribution in [2.24, 2.45) is 0 Å². The number of pyridine rings is 1. The van der Waals surface area contributed by atoms with Gasteiger partial charge in [-0.3, -0.25) is 9.78 Å². The van der Waals surface area contributed by atoms with Crippen LogP contribution in [-0.2, 0) is 4.79 Å². The summed E-state index contributed by atoms with van der Waals surface area (Å²) < 4.78 is 0. The summed E-state index contributed by atoms with van der Waals surface area (Å²) in [6.45, 7) is 1.50. The van der Waals surface area contributed by atoms with E-state index in [1.165, 1.54) is 6.92 Å². The Morgan fingerprint density at radius 3 is 2.56 bits per heavy atom. The van der Waals surface area contributed by atoms with Crippen molar-refractivity contribution < 1.29 is 4.79 Å². The van der Waals surface area contributed by atoms with Gasteiger partial charge in [-0.25, -0.2) is 0 Å². The maximum absolute atomic E-state index is 11.1. The summed E-state index contributed by atoms with van der Waals surface area (Å²) in [5.41, 5.74) is 2.57. The van der Waals surface area contributed by atoms with Crippen molar-refractivity contribution in [3.05, 3.63) is 48.7 Å². The molecule has 2 aromatic rings. The van der Waals surface area contributed by atoms with Gasteiger partial charge in [0, 0.05) is 18.7 Å². The average Bonchev–Trinajstić information content (AvgIpc) is 2.30. The Kier molecular flexibility index (Phi) is 2.96. The van der Waals surface area contributed by atoms with E-state index in [2.05, 4.69) is 10.3 Å². The topological polar surface area (TPSA) is 42.0 Å². The number of hydrogen-bond donors (Lipinski definition) is 1. The molecule has 0 atom stereocenters. The van der Waals surface area contributed by atoms with Crippen LogP contribution in [0.4, 0.5) is 5.69 Å². The number of aromatic nitrogens is 1. The number of hydrogen-bond acceptors (Lipinski definition) is 2. The van der Waals surface area contributed by atoms with Crippen LogP contribution in [0.2, 0.25) is 0 Å². The van der Waals surface area contributed by atoms with Crippen molar-refractivity contribution in [1.29, 1.82) is 0 Å². The van der Waals surface area contributed by atoms with Gasteiger partial charge in [-0.15, -0.1) is 0 Å². The molecule has 16 heavy (non-hydrogen) atoms. The molecule has 1 aromatic carbocycles. The summed E-state index contributed by atoms with van der Waals surface area (Å²) in [5, 5.41) is 2.79. The molecule has 0 aliphatic heterocycles. The quantitative estimate of drug-likeness (QED) is 0.831. The Labute approximate surface area is 94.1 Å². The number of amides is 1. The summed E-state index contributed by atoms with van der Waals surface area (Å²) in [7, 11) is 0. The molecule has 3 heteroatoms. The molecule has 80 valence electrons. The molecule has 0 unspecified atom stereocenters. The minimum absolute atomic E-state index is 0.0802. The second-order valence-corrected chi connectivity index (χ2v) is 3.44. The van der Waals surface area contributed by atoms with Crippen LogP contribution >= 0.6 is 0 Å². The third-order valence-corrected chi connectivity index (χ3v) is 2.18. The van der Waals surface area contributed by atoms with Gasteiger partial charge in [0.2, 0.25) is 5.91 Å². The van der Waals surface area contributed by atoms with E-state index < -0.39 is 0 Å². The summed E-state index contributed by atoms with van der Waals surface area (Å²) in [6, 6.07) is 13.3. The highest BCUT2D eigenvalue weighted by Gasteiger charge is 2.05. The zero-order chi connectivity index (χ0) is 11.4. The first-order valence-corrected chi connectivity index (χ1v) is 5.05. The zero-order valence-corrected chi connectivity index (χ0v) is 8.97. The van der Waals surface area contributed by atoms with E-state index in [4.69, 9.17) is 0 Å². The van der Waals surface area contributed by atoms with Gasteiger partial charge in [0.15, 0.2) is 0 Å².